The number of fused-ring (bicyclic) bond motifs is 1. The number of anilines is 1. The van der Waals surface area contributed by atoms with Gasteiger partial charge in [-0.3, -0.25) is 0 Å². The molecule has 0 spiro atoms. The predicted molar refractivity (Wildman–Crippen MR) is 122 cm³/mol. The maximum Gasteiger partial charge on any atom is 0.154 e. The molecular formula is C24H26FN5O2. The van der Waals surface area contributed by atoms with Gasteiger partial charge in [-0.2, -0.15) is 0 Å². The van der Waals surface area contributed by atoms with Crippen LogP contribution in [0.15, 0.2) is 66.9 Å². The van der Waals surface area contributed by atoms with E-state index in [1.807, 2.05) is 49.4 Å². The van der Waals surface area contributed by atoms with E-state index in [-0.39, 0.29) is 18.5 Å². The first kappa shape index (κ1) is 21.7. The number of halogens is 1. The topological polar surface area (TPSA) is 83.7 Å². The standard InChI is InChI=1S/C24H26FN5O2/c1-17(19-3-2-4-20(25)15-19)28-23-9-10-24-27-16-22(30(24)29-23)18-5-7-21(8-6-18)32-14-12-26-11-13-31/h2-10,15-17,26,31H,11-14H2,1H3,(H,28,29)/t17-/m1/s1. The van der Waals surface area contributed by atoms with Crippen LogP contribution in [0.2, 0.25) is 0 Å². The van der Waals surface area contributed by atoms with Gasteiger partial charge >= 0.3 is 0 Å². The molecule has 2 heterocycles. The van der Waals surface area contributed by atoms with Gasteiger partial charge in [0.05, 0.1) is 24.5 Å². The maximum absolute atomic E-state index is 13.5. The summed E-state index contributed by atoms with van der Waals surface area (Å²) < 4.78 is 21.0. The second-order valence-corrected chi connectivity index (χ2v) is 7.40. The first-order valence-corrected chi connectivity index (χ1v) is 10.6. The number of hydrogen-bond acceptors (Lipinski definition) is 6. The van der Waals surface area contributed by atoms with Crippen molar-refractivity contribution in [1.29, 1.82) is 0 Å². The Balaban J connectivity index is 1.48. The number of nitrogens with one attached hydrogen (secondary N) is 2. The van der Waals surface area contributed by atoms with Crippen LogP contribution in [0.3, 0.4) is 0 Å². The SMILES string of the molecule is C[C@@H](Nc1ccc2ncc(-c3ccc(OCCNCCO)cc3)n2n1)c1cccc(F)c1. The fourth-order valence-corrected chi connectivity index (χ4v) is 3.40. The number of nitrogens with zero attached hydrogens (tertiary/aromatic N) is 3. The van der Waals surface area contributed by atoms with Crippen molar-refractivity contribution >= 4 is 11.5 Å². The molecular weight excluding hydrogens is 409 g/mol. The second kappa shape index (κ2) is 10.2. The number of hydrogen-bond donors (Lipinski definition) is 3. The number of aliphatic hydroxyl groups is 1. The summed E-state index contributed by atoms with van der Waals surface area (Å²) in [6, 6.07) is 18.0. The Morgan fingerprint density at radius 1 is 1.09 bits per heavy atom. The van der Waals surface area contributed by atoms with E-state index in [4.69, 9.17) is 9.84 Å². The van der Waals surface area contributed by atoms with Gasteiger partial charge in [0.15, 0.2) is 5.65 Å². The molecule has 2 aromatic heterocycles. The Morgan fingerprint density at radius 2 is 1.94 bits per heavy atom. The molecule has 32 heavy (non-hydrogen) atoms. The van der Waals surface area contributed by atoms with E-state index < -0.39 is 0 Å². The van der Waals surface area contributed by atoms with Crippen molar-refractivity contribution in [2.24, 2.45) is 0 Å². The molecule has 3 N–H and O–H groups in total. The molecule has 4 rings (SSSR count). The molecule has 0 amide bonds. The summed E-state index contributed by atoms with van der Waals surface area (Å²) in [6.45, 7) is 3.83. The normalized spacial score (nSPS) is 12.1. The predicted octanol–water partition coefficient (Wildman–Crippen LogP) is 3.67. The Hall–Kier alpha value is -3.49. The minimum Gasteiger partial charge on any atom is -0.492 e. The zero-order chi connectivity index (χ0) is 22.3. The number of aliphatic hydroxyl groups excluding tert-OH is 1. The molecule has 2 aromatic carbocycles. The first-order valence-electron chi connectivity index (χ1n) is 10.6. The summed E-state index contributed by atoms with van der Waals surface area (Å²) in [4.78, 5) is 4.45. The number of imidazole rings is 1. The molecule has 0 aliphatic heterocycles. The molecule has 7 nitrogen and oxygen atoms in total. The number of aromatic nitrogens is 3. The van der Waals surface area contributed by atoms with Crippen molar-refractivity contribution in [2.45, 2.75) is 13.0 Å². The van der Waals surface area contributed by atoms with Crippen molar-refractivity contribution in [3.63, 3.8) is 0 Å². The third-order valence-corrected chi connectivity index (χ3v) is 5.06. The highest BCUT2D eigenvalue weighted by Crippen LogP contribution is 2.24. The van der Waals surface area contributed by atoms with Crippen LogP contribution in [0.5, 0.6) is 5.75 Å². The molecule has 0 radical (unpaired) electrons. The highest BCUT2D eigenvalue weighted by Gasteiger charge is 2.11. The Labute approximate surface area is 185 Å². The lowest BCUT2D eigenvalue weighted by Crippen LogP contribution is -2.23. The van der Waals surface area contributed by atoms with Crippen LogP contribution in [-0.2, 0) is 0 Å². The van der Waals surface area contributed by atoms with E-state index in [1.165, 1.54) is 12.1 Å². The van der Waals surface area contributed by atoms with Gasteiger partial charge in [0, 0.05) is 18.7 Å². The largest absolute Gasteiger partial charge is 0.492 e. The van der Waals surface area contributed by atoms with Crippen LogP contribution >= 0.6 is 0 Å². The van der Waals surface area contributed by atoms with Crippen LogP contribution in [0.4, 0.5) is 10.2 Å². The molecule has 0 bridgehead atoms. The third-order valence-electron chi connectivity index (χ3n) is 5.06. The molecule has 0 unspecified atom stereocenters. The second-order valence-electron chi connectivity index (χ2n) is 7.40. The highest BCUT2D eigenvalue weighted by molar-refractivity contribution is 5.64. The van der Waals surface area contributed by atoms with Crippen LogP contribution in [0.25, 0.3) is 16.9 Å². The van der Waals surface area contributed by atoms with Crippen molar-refractivity contribution in [3.8, 4) is 17.0 Å². The molecule has 0 fully saturated rings. The Bertz CT molecular complexity index is 1160. The average Bonchev–Trinajstić information content (AvgIpc) is 3.22. The third kappa shape index (κ3) is 5.22. The summed E-state index contributed by atoms with van der Waals surface area (Å²) >= 11 is 0. The van der Waals surface area contributed by atoms with Crippen molar-refractivity contribution < 1.29 is 14.2 Å². The van der Waals surface area contributed by atoms with Gasteiger partial charge in [-0.15, -0.1) is 5.10 Å². The minimum atomic E-state index is -0.259. The summed E-state index contributed by atoms with van der Waals surface area (Å²) in [5, 5.41) is 19.9. The highest BCUT2D eigenvalue weighted by atomic mass is 19.1. The van der Waals surface area contributed by atoms with E-state index >= 15 is 0 Å². The summed E-state index contributed by atoms with van der Waals surface area (Å²) in [7, 11) is 0. The van der Waals surface area contributed by atoms with E-state index in [1.54, 1.807) is 16.8 Å². The number of ether oxygens (including phenoxy) is 1. The zero-order valence-electron chi connectivity index (χ0n) is 17.8. The summed E-state index contributed by atoms with van der Waals surface area (Å²) in [6.07, 6.45) is 1.79. The van der Waals surface area contributed by atoms with Gasteiger partial charge in [-0.1, -0.05) is 12.1 Å². The first-order chi connectivity index (χ1) is 15.6. The van der Waals surface area contributed by atoms with E-state index in [0.29, 0.717) is 25.5 Å². The lowest BCUT2D eigenvalue weighted by molar-refractivity contribution is 0.276. The molecule has 0 saturated heterocycles. The minimum absolute atomic E-state index is 0.106. The summed E-state index contributed by atoms with van der Waals surface area (Å²) in [5.41, 5.74) is 3.41. The van der Waals surface area contributed by atoms with Crippen molar-refractivity contribution in [1.82, 2.24) is 19.9 Å². The Morgan fingerprint density at radius 3 is 2.72 bits per heavy atom. The monoisotopic (exact) mass is 435 g/mol. The van der Waals surface area contributed by atoms with Gasteiger partial charge in [0.1, 0.15) is 24.0 Å². The zero-order valence-corrected chi connectivity index (χ0v) is 17.8. The number of rotatable bonds is 10. The average molecular weight is 436 g/mol. The van der Waals surface area contributed by atoms with Crippen LogP contribution < -0.4 is 15.4 Å². The molecule has 0 saturated carbocycles. The maximum atomic E-state index is 13.5. The van der Waals surface area contributed by atoms with E-state index in [9.17, 15) is 4.39 Å². The van der Waals surface area contributed by atoms with Crippen LogP contribution in [0, 0.1) is 5.82 Å². The van der Waals surface area contributed by atoms with Gasteiger partial charge < -0.3 is 20.5 Å². The van der Waals surface area contributed by atoms with Crippen LogP contribution in [0.1, 0.15) is 18.5 Å². The molecule has 4 aromatic rings. The Kier molecular flexibility index (Phi) is 6.94. The molecule has 0 aliphatic rings. The van der Waals surface area contributed by atoms with Gasteiger partial charge in [0.2, 0.25) is 0 Å². The van der Waals surface area contributed by atoms with Crippen molar-refractivity contribution in [3.05, 3.63) is 78.2 Å². The number of benzene rings is 2. The summed E-state index contributed by atoms with van der Waals surface area (Å²) in [5.74, 6) is 1.18. The van der Waals surface area contributed by atoms with Crippen LogP contribution in [-0.4, -0.2) is 46.0 Å². The smallest absolute Gasteiger partial charge is 0.154 e. The lowest BCUT2D eigenvalue weighted by Gasteiger charge is -2.15. The molecule has 0 aliphatic carbocycles. The van der Waals surface area contributed by atoms with Gasteiger partial charge in [-0.25, -0.2) is 13.9 Å². The van der Waals surface area contributed by atoms with Gasteiger partial charge in [-0.05, 0) is 61.0 Å². The molecule has 1 atom stereocenters. The van der Waals surface area contributed by atoms with Gasteiger partial charge in [0.25, 0.3) is 0 Å². The fourth-order valence-electron chi connectivity index (χ4n) is 3.40. The van der Waals surface area contributed by atoms with E-state index in [0.717, 1.165) is 28.2 Å². The molecule has 166 valence electrons. The van der Waals surface area contributed by atoms with E-state index in [2.05, 4.69) is 20.7 Å². The quantitative estimate of drug-likeness (QED) is 0.330. The fraction of sp³-hybridized carbons (Fsp3) is 0.250. The van der Waals surface area contributed by atoms with Crippen molar-refractivity contribution in [2.75, 3.05) is 31.6 Å². The lowest BCUT2D eigenvalue weighted by atomic mass is 10.1. The molecule has 8 heteroatoms.